The number of carbonyl (C=O) groups is 1. The highest BCUT2D eigenvalue weighted by atomic mass is 32.1. The van der Waals surface area contributed by atoms with Crippen molar-refractivity contribution in [3.05, 3.63) is 76.8 Å². The van der Waals surface area contributed by atoms with E-state index >= 15 is 0 Å². The van der Waals surface area contributed by atoms with E-state index in [0.29, 0.717) is 18.0 Å². The summed E-state index contributed by atoms with van der Waals surface area (Å²) in [5.41, 5.74) is 1.86. The van der Waals surface area contributed by atoms with Crippen molar-refractivity contribution in [1.29, 1.82) is 0 Å². The van der Waals surface area contributed by atoms with Gasteiger partial charge in [-0.1, -0.05) is 30.3 Å². The molecule has 0 radical (unpaired) electrons. The Morgan fingerprint density at radius 3 is 2.67 bits per heavy atom. The van der Waals surface area contributed by atoms with E-state index in [1.165, 1.54) is 0 Å². The molecule has 1 aromatic carbocycles. The molecule has 0 unspecified atom stereocenters. The number of carbonyl (C=O) groups excluding carboxylic acids is 1. The Kier molecular flexibility index (Phi) is 6.63. The molecule has 126 valence electrons. The standard InChI is InChI=1S/C19H22N2O2S/c1-4-16(12-20-3)21(13-18-6-5-11-24-18)19(22)14-23-17-9-7-15(2)8-10-17/h4-12,20H,1,13-14H2,2-3H3/b16-12+. The van der Waals surface area contributed by atoms with E-state index < -0.39 is 0 Å². The maximum absolute atomic E-state index is 12.7. The van der Waals surface area contributed by atoms with Crippen molar-refractivity contribution in [2.75, 3.05) is 13.7 Å². The number of hydrogen-bond acceptors (Lipinski definition) is 4. The second kappa shape index (κ2) is 8.93. The number of allylic oxidation sites excluding steroid dienone is 1. The van der Waals surface area contributed by atoms with Gasteiger partial charge in [-0.15, -0.1) is 11.3 Å². The molecular weight excluding hydrogens is 320 g/mol. The zero-order valence-electron chi connectivity index (χ0n) is 14.0. The van der Waals surface area contributed by atoms with Gasteiger partial charge in [-0.2, -0.15) is 0 Å². The molecule has 5 heteroatoms. The van der Waals surface area contributed by atoms with Crippen LogP contribution in [0.1, 0.15) is 10.4 Å². The minimum Gasteiger partial charge on any atom is -0.484 e. The van der Waals surface area contributed by atoms with E-state index in [9.17, 15) is 4.79 Å². The molecule has 0 saturated heterocycles. The molecule has 2 aromatic rings. The molecule has 1 heterocycles. The smallest absolute Gasteiger partial charge is 0.265 e. The molecule has 2 rings (SSSR count). The van der Waals surface area contributed by atoms with Crippen LogP contribution in [0.15, 0.2) is 66.3 Å². The molecule has 0 aliphatic carbocycles. The van der Waals surface area contributed by atoms with Crippen LogP contribution in [0.2, 0.25) is 0 Å². The van der Waals surface area contributed by atoms with Gasteiger partial charge >= 0.3 is 0 Å². The zero-order chi connectivity index (χ0) is 17.4. The summed E-state index contributed by atoms with van der Waals surface area (Å²) in [5, 5.41) is 4.95. The first-order valence-corrected chi connectivity index (χ1v) is 8.54. The molecule has 0 bridgehead atoms. The van der Waals surface area contributed by atoms with E-state index in [1.807, 2.05) is 48.7 Å². The van der Waals surface area contributed by atoms with Gasteiger partial charge in [-0.05, 0) is 36.6 Å². The van der Waals surface area contributed by atoms with Crippen molar-refractivity contribution >= 4 is 17.2 Å². The van der Waals surface area contributed by atoms with Crippen molar-refractivity contribution in [2.24, 2.45) is 0 Å². The third-order valence-electron chi connectivity index (χ3n) is 3.39. The van der Waals surface area contributed by atoms with Gasteiger partial charge < -0.3 is 15.0 Å². The van der Waals surface area contributed by atoms with Gasteiger partial charge in [-0.25, -0.2) is 0 Å². The average molecular weight is 342 g/mol. The van der Waals surface area contributed by atoms with Crippen LogP contribution < -0.4 is 10.1 Å². The highest BCUT2D eigenvalue weighted by molar-refractivity contribution is 7.09. The maximum atomic E-state index is 12.7. The number of nitrogens with one attached hydrogen (secondary N) is 1. The molecular formula is C19H22N2O2S. The summed E-state index contributed by atoms with van der Waals surface area (Å²) in [4.78, 5) is 15.4. The first kappa shape index (κ1) is 17.8. The fourth-order valence-electron chi connectivity index (χ4n) is 2.13. The molecule has 0 fully saturated rings. The predicted octanol–water partition coefficient (Wildman–Crippen LogP) is 3.71. The average Bonchev–Trinajstić information content (AvgIpc) is 3.10. The third-order valence-corrected chi connectivity index (χ3v) is 4.25. The van der Waals surface area contributed by atoms with E-state index in [1.54, 1.807) is 35.6 Å². The number of aryl methyl sites for hydroxylation is 1. The molecule has 0 spiro atoms. The van der Waals surface area contributed by atoms with E-state index in [-0.39, 0.29) is 12.5 Å². The monoisotopic (exact) mass is 342 g/mol. The van der Waals surface area contributed by atoms with Gasteiger partial charge in [-0.3, -0.25) is 4.79 Å². The number of nitrogens with zero attached hydrogens (tertiary/aromatic N) is 1. The number of thiophene rings is 1. The summed E-state index contributed by atoms with van der Waals surface area (Å²) < 4.78 is 5.63. The summed E-state index contributed by atoms with van der Waals surface area (Å²) in [6.07, 6.45) is 3.41. The van der Waals surface area contributed by atoms with Gasteiger partial charge in [0.25, 0.3) is 5.91 Å². The van der Waals surface area contributed by atoms with Gasteiger partial charge in [0.2, 0.25) is 0 Å². The van der Waals surface area contributed by atoms with Crippen LogP contribution in [-0.4, -0.2) is 24.5 Å². The maximum Gasteiger partial charge on any atom is 0.265 e. The fourth-order valence-corrected chi connectivity index (χ4v) is 2.83. The van der Waals surface area contributed by atoms with Crippen molar-refractivity contribution in [3.8, 4) is 5.75 Å². The number of hydrogen-bond donors (Lipinski definition) is 1. The van der Waals surface area contributed by atoms with Gasteiger partial charge in [0.15, 0.2) is 6.61 Å². The Morgan fingerprint density at radius 2 is 2.08 bits per heavy atom. The van der Waals surface area contributed by atoms with Crippen molar-refractivity contribution in [2.45, 2.75) is 13.5 Å². The minimum absolute atomic E-state index is 0.0245. The SMILES string of the molecule is C=C/C(=C\NC)N(Cc1cccs1)C(=O)COc1ccc(C)cc1. The van der Waals surface area contributed by atoms with Crippen LogP contribution in [0, 0.1) is 6.92 Å². The van der Waals surface area contributed by atoms with E-state index in [2.05, 4.69) is 11.9 Å². The highest BCUT2D eigenvalue weighted by Crippen LogP contribution is 2.17. The highest BCUT2D eigenvalue weighted by Gasteiger charge is 2.18. The number of ether oxygens (including phenoxy) is 1. The second-order valence-electron chi connectivity index (χ2n) is 5.22. The van der Waals surface area contributed by atoms with Crippen LogP contribution in [0.4, 0.5) is 0 Å². The topological polar surface area (TPSA) is 41.6 Å². The Bertz CT molecular complexity index is 691. The Morgan fingerprint density at radius 1 is 1.33 bits per heavy atom. The summed E-state index contributed by atoms with van der Waals surface area (Å²) in [6, 6.07) is 11.6. The van der Waals surface area contributed by atoms with Crippen molar-refractivity contribution in [3.63, 3.8) is 0 Å². The Labute approximate surface area is 147 Å². The first-order valence-electron chi connectivity index (χ1n) is 7.66. The Balaban J connectivity index is 2.09. The first-order chi connectivity index (χ1) is 11.6. The summed E-state index contributed by atoms with van der Waals surface area (Å²) in [5.74, 6) is 0.563. The van der Waals surface area contributed by atoms with Gasteiger partial charge in [0.1, 0.15) is 5.75 Å². The van der Waals surface area contributed by atoms with Gasteiger partial charge in [0, 0.05) is 18.1 Å². The number of rotatable bonds is 8. The quantitative estimate of drug-likeness (QED) is 0.744. The van der Waals surface area contributed by atoms with Crippen LogP contribution >= 0.6 is 11.3 Å². The van der Waals surface area contributed by atoms with E-state index in [4.69, 9.17) is 4.74 Å². The summed E-state index contributed by atoms with van der Waals surface area (Å²) in [7, 11) is 1.79. The lowest BCUT2D eigenvalue weighted by Gasteiger charge is -2.23. The van der Waals surface area contributed by atoms with Crippen LogP contribution in [0.5, 0.6) is 5.75 Å². The van der Waals surface area contributed by atoms with Crippen molar-refractivity contribution in [1.82, 2.24) is 10.2 Å². The zero-order valence-corrected chi connectivity index (χ0v) is 14.8. The third kappa shape index (κ3) is 4.99. The molecule has 4 nitrogen and oxygen atoms in total. The molecule has 1 amide bonds. The summed E-state index contributed by atoms with van der Waals surface area (Å²) >= 11 is 1.61. The lowest BCUT2D eigenvalue weighted by atomic mass is 10.2. The molecule has 0 saturated carbocycles. The fraction of sp³-hybridized carbons (Fsp3) is 0.211. The van der Waals surface area contributed by atoms with Gasteiger partial charge in [0.05, 0.1) is 12.2 Å². The molecule has 0 aliphatic rings. The Hall–Kier alpha value is -2.53. The lowest BCUT2D eigenvalue weighted by Crippen LogP contribution is -2.33. The molecule has 0 aliphatic heterocycles. The van der Waals surface area contributed by atoms with Crippen LogP contribution in [0.3, 0.4) is 0 Å². The number of amides is 1. The summed E-state index contributed by atoms with van der Waals surface area (Å²) in [6.45, 7) is 6.28. The van der Waals surface area contributed by atoms with Crippen LogP contribution in [-0.2, 0) is 11.3 Å². The molecule has 1 aromatic heterocycles. The van der Waals surface area contributed by atoms with Crippen molar-refractivity contribution < 1.29 is 9.53 Å². The predicted molar refractivity (Wildman–Crippen MR) is 98.9 cm³/mol. The van der Waals surface area contributed by atoms with Crippen LogP contribution in [0.25, 0.3) is 0 Å². The molecule has 1 N–H and O–H groups in total. The lowest BCUT2D eigenvalue weighted by molar-refractivity contribution is -0.131. The largest absolute Gasteiger partial charge is 0.484 e. The second-order valence-corrected chi connectivity index (χ2v) is 6.26. The molecule has 0 atom stereocenters. The van der Waals surface area contributed by atoms with E-state index in [0.717, 1.165) is 10.4 Å². The normalized spacial score (nSPS) is 11.0. The number of benzene rings is 1. The minimum atomic E-state index is -0.120. The molecule has 24 heavy (non-hydrogen) atoms.